The normalized spacial score (nSPS) is 34.1. The topological polar surface area (TPSA) is 67.9 Å². The zero-order valence-electron chi connectivity index (χ0n) is 17.5. The molecule has 1 aliphatic carbocycles. The van der Waals surface area contributed by atoms with E-state index in [-0.39, 0.29) is 24.3 Å². The summed E-state index contributed by atoms with van der Waals surface area (Å²) < 4.78 is 39.5. The third-order valence-corrected chi connectivity index (χ3v) is 7.35. The average Bonchev–Trinajstić information content (AvgIpc) is 2.68. The Morgan fingerprint density at radius 2 is 1.86 bits per heavy atom. The first kappa shape index (κ1) is 21.1. The number of ether oxygens (including phenoxy) is 2. The van der Waals surface area contributed by atoms with E-state index in [2.05, 4.69) is 34.7 Å². The second kappa shape index (κ2) is 8.92. The minimum Gasteiger partial charge on any atom is -0.489 e. The summed E-state index contributed by atoms with van der Waals surface area (Å²) in [6, 6.07) is 8.39. The maximum atomic E-state index is 11.9. The molecule has 1 saturated carbocycles. The van der Waals surface area contributed by atoms with Gasteiger partial charge in [0.25, 0.3) is 0 Å². The first-order valence-corrected chi connectivity index (χ1v) is 12.9. The summed E-state index contributed by atoms with van der Waals surface area (Å²) in [4.78, 5) is 2.37. The van der Waals surface area contributed by atoms with E-state index in [1.165, 1.54) is 11.8 Å². The largest absolute Gasteiger partial charge is 0.489 e. The van der Waals surface area contributed by atoms with Gasteiger partial charge in [0.2, 0.25) is 10.0 Å². The van der Waals surface area contributed by atoms with Crippen LogP contribution in [0.1, 0.15) is 56.9 Å². The van der Waals surface area contributed by atoms with Crippen LogP contribution < -0.4 is 9.46 Å². The van der Waals surface area contributed by atoms with E-state index in [0.717, 1.165) is 57.4 Å². The number of rotatable bonds is 2. The molecular formula is C22H34N2O4S. The van der Waals surface area contributed by atoms with Crippen molar-refractivity contribution in [1.82, 2.24) is 9.62 Å². The molecule has 3 atom stereocenters. The van der Waals surface area contributed by atoms with Gasteiger partial charge in [0.05, 0.1) is 19.0 Å². The summed E-state index contributed by atoms with van der Waals surface area (Å²) in [5, 5.41) is 0. The smallest absolute Gasteiger partial charge is 0.209 e. The first-order valence-electron chi connectivity index (χ1n) is 11.0. The molecule has 162 valence electrons. The molecule has 0 radical (unpaired) electrons. The van der Waals surface area contributed by atoms with Crippen LogP contribution in [0.3, 0.4) is 0 Å². The van der Waals surface area contributed by atoms with Crippen molar-refractivity contribution in [2.75, 3.05) is 26.0 Å². The van der Waals surface area contributed by atoms with Gasteiger partial charge in [-0.1, -0.05) is 18.2 Å². The number of hydrogen-bond acceptors (Lipinski definition) is 5. The van der Waals surface area contributed by atoms with Gasteiger partial charge >= 0.3 is 0 Å². The zero-order valence-corrected chi connectivity index (χ0v) is 18.4. The van der Waals surface area contributed by atoms with Gasteiger partial charge in [0, 0.05) is 18.6 Å². The molecule has 6 nitrogen and oxygen atoms in total. The van der Waals surface area contributed by atoms with Gasteiger partial charge in [-0.3, -0.25) is 4.90 Å². The van der Waals surface area contributed by atoms with Gasteiger partial charge in [0.1, 0.15) is 11.9 Å². The highest BCUT2D eigenvalue weighted by atomic mass is 32.2. The van der Waals surface area contributed by atoms with Gasteiger partial charge in [-0.05, 0) is 69.5 Å². The summed E-state index contributed by atoms with van der Waals surface area (Å²) in [6.07, 6.45) is 7.67. The molecule has 2 fully saturated rings. The SMILES string of the molecule is C[C@@H]1CN2CCC[C@H](NS(C)(=O)=O)[C@@H]2COC2CCC(CC2)c2ccccc2O1. The molecule has 1 aromatic carbocycles. The molecule has 0 amide bonds. The van der Waals surface area contributed by atoms with Crippen molar-refractivity contribution in [2.24, 2.45) is 0 Å². The van der Waals surface area contributed by atoms with Gasteiger partial charge in [-0.2, -0.15) is 0 Å². The van der Waals surface area contributed by atoms with E-state index in [4.69, 9.17) is 9.47 Å². The fourth-order valence-electron chi connectivity index (χ4n) is 5.27. The lowest BCUT2D eigenvalue weighted by molar-refractivity contribution is -0.0323. The molecule has 1 aromatic rings. The highest BCUT2D eigenvalue weighted by molar-refractivity contribution is 7.88. The van der Waals surface area contributed by atoms with Crippen LogP contribution in [0.4, 0.5) is 0 Å². The molecule has 2 bridgehead atoms. The van der Waals surface area contributed by atoms with Crippen LogP contribution >= 0.6 is 0 Å². The van der Waals surface area contributed by atoms with Crippen molar-refractivity contribution in [3.05, 3.63) is 29.8 Å². The van der Waals surface area contributed by atoms with Crippen LogP contribution in [0.5, 0.6) is 5.75 Å². The number of nitrogens with zero attached hydrogens (tertiary/aromatic N) is 1. The molecule has 3 aliphatic heterocycles. The number of fused-ring (bicyclic) bond motifs is 5. The third-order valence-electron chi connectivity index (χ3n) is 6.61. The number of hydrogen-bond donors (Lipinski definition) is 1. The van der Waals surface area contributed by atoms with Gasteiger partial charge in [0.15, 0.2) is 0 Å². The predicted molar refractivity (Wildman–Crippen MR) is 114 cm³/mol. The summed E-state index contributed by atoms with van der Waals surface area (Å²) in [7, 11) is -3.26. The van der Waals surface area contributed by atoms with Crippen LogP contribution in [-0.4, -0.2) is 63.6 Å². The molecule has 29 heavy (non-hydrogen) atoms. The van der Waals surface area contributed by atoms with E-state index >= 15 is 0 Å². The lowest BCUT2D eigenvalue weighted by Gasteiger charge is -2.42. The molecule has 1 N–H and O–H groups in total. The monoisotopic (exact) mass is 422 g/mol. The Hall–Kier alpha value is -1.15. The van der Waals surface area contributed by atoms with Crippen LogP contribution in [0.15, 0.2) is 24.3 Å². The Morgan fingerprint density at radius 3 is 2.62 bits per heavy atom. The van der Waals surface area contributed by atoms with Crippen molar-refractivity contribution in [2.45, 2.75) is 75.7 Å². The van der Waals surface area contributed by atoms with E-state index in [0.29, 0.717) is 12.5 Å². The standard InChI is InChI=1S/C22H34N2O4S/c1-16-14-24-13-5-7-20(23-29(2,25)26)21(24)15-27-18-11-9-17(10-12-18)19-6-3-4-8-22(19)28-16/h3-4,6,8,16-18,20-21,23H,5,7,9-15H2,1-2H3/t16-,17?,18?,20+,21+/m1/s1. The number of piperidine rings is 1. The quantitative estimate of drug-likeness (QED) is 0.794. The molecule has 0 spiro atoms. The molecule has 0 aromatic heterocycles. The van der Waals surface area contributed by atoms with Crippen LogP contribution in [0, 0.1) is 0 Å². The molecular weight excluding hydrogens is 388 g/mol. The molecule has 3 heterocycles. The van der Waals surface area contributed by atoms with Gasteiger partial charge < -0.3 is 9.47 Å². The minimum atomic E-state index is -3.26. The Labute approximate surface area is 175 Å². The number of benzene rings is 1. The van der Waals surface area contributed by atoms with Crippen molar-refractivity contribution in [1.29, 1.82) is 0 Å². The Kier molecular flexibility index (Phi) is 6.49. The first-order chi connectivity index (χ1) is 13.9. The summed E-state index contributed by atoms with van der Waals surface area (Å²) in [5.41, 5.74) is 1.32. The van der Waals surface area contributed by atoms with E-state index in [1.807, 2.05) is 6.07 Å². The second-order valence-electron chi connectivity index (χ2n) is 8.97. The predicted octanol–water partition coefficient (Wildman–Crippen LogP) is 2.89. The number of para-hydroxylation sites is 1. The minimum absolute atomic E-state index is 0.0218. The highest BCUT2D eigenvalue weighted by Crippen LogP contribution is 2.39. The summed E-state index contributed by atoms with van der Waals surface area (Å²) in [6.45, 7) is 4.39. The molecule has 7 heteroatoms. The van der Waals surface area contributed by atoms with Crippen LogP contribution in [0.25, 0.3) is 0 Å². The van der Waals surface area contributed by atoms with Crippen molar-refractivity contribution in [3.63, 3.8) is 0 Å². The van der Waals surface area contributed by atoms with Gasteiger partial charge in [-0.15, -0.1) is 0 Å². The third kappa shape index (κ3) is 5.32. The Bertz CT molecular complexity index is 792. The zero-order chi connectivity index (χ0) is 20.4. The molecule has 1 saturated heterocycles. The van der Waals surface area contributed by atoms with Crippen molar-refractivity contribution in [3.8, 4) is 5.75 Å². The molecule has 4 aliphatic rings. The fraction of sp³-hybridized carbons (Fsp3) is 0.727. The fourth-order valence-corrected chi connectivity index (χ4v) is 6.10. The number of nitrogens with one attached hydrogen (secondary N) is 1. The Morgan fingerprint density at radius 1 is 1.10 bits per heavy atom. The van der Waals surface area contributed by atoms with Crippen molar-refractivity contribution < 1.29 is 17.9 Å². The highest BCUT2D eigenvalue weighted by Gasteiger charge is 2.36. The van der Waals surface area contributed by atoms with E-state index < -0.39 is 10.0 Å². The lowest BCUT2D eigenvalue weighted by atomic mass is 9.82. The maximum Gasteiger partial charge on any atom is 0.209 e. The number of sulfonamides is 1. The second-order valence-corrected chi connectivity index (χ2v) is 10.8. The summed E-state index contributed by atoms with van der Waals surface area (Å²) >= 11 is 0. The maximum absolute atomic E-state index is 11.9. The molecule has 0 unspecified atom stereocenters. The van der Waals surface area contributed by atoms with E-state index in [1.54, 1.807) is 0 Å². The molecule has 5 rings (SSSR count). The van der Waals surface area contributed by atoms with Crippen LogP contribution in [0.2, 0.25) is 0 Å². The van der Waals surface area contributed by atoms with Crippen LogP contribution in [-0.2, 0) is 14.8 Å². The van der Waals surface area contributed by atoms with Crippen molar-refractivity contribution >= 4 is 10.0 Å². The van der Waals surface area contributed by atoms with Gasteiger partial charge in [-0.25, -0.2) is 13.1 Å². The average molecular weight is 423 g/mol. The lowest BCUT2D eigenvalue weighted by Crippen LogP contribution is -2.58. The van der Waals surface area contributed by atoms with E-state index in [9.17, 15) is 8.42 Å². The summed E-state index contributed by atoms with van der Waals surface area (Å²) in [5.74, 6) is 1.53. The Balaban J connectivity index is 1.60.